The SMILES string of the molecule is CCOCC(O)[C@H]1CNC[C@@H](N2C(CCCCOC)=C(C(=O)N(CC(C)C)c3ccccc3F)NN2/C(=C/C(=O)O)C(=O)O)C1. The number of carbonyl (C=O) groups excluding carboxylic acids is 1. The Morgan fingerprint density at radius 1 is 1.18 bits per heavy atom. The molecule has 1 saturated heterocycles. The number of anilines is 1. The van der Waals surface area contributed by atoms with E-state index in [1.54, 1.807) is 18.2 Å². The first-order valence-corrected chi connectivity index (χ1v) is 15.3. The maximum Gasteiger partial charge on any atom is 0.356 e. The number of methoxy groups -OCH3 is 1. The highest BCUT2D eigenvalue weighted by Gasteiger charge is 2.44. The van der Waals surface area contributed by atoms with Gasteiger partial charge in [0.2, 0.25) is 0 Å². The summed E-state index contributed by atoms with van der Waals surface area (Å²) in [6.07, 6.45) is 1.61. The molecule has 2 aliphatic rings. The Balaban J connectivity index is 2.17. The van der Waals surface area contributed by atoms with Crippen LogP contribution in [0.3, 0.4) is 0 Å². The van der Waals surface area contributed by atoms with Gasteiger partial charge in [0, 0.05) is 45.9 Å². The van der Waals surface area contributed by atoms with Gasteiger partial charge in [0.25, 0.3) is 5.91 Å². The van der Waals surface area contributed by atoms with Gasteiger partial charge < -0.3 is 35.0 Å². The molecule has 0 aromatic heterocycles. The Morgan fingerprint density at radius 2 is 1.91 bits per heavy atom. The van der Waals surface area contributed by atoms with Crippen molar-refractivity contribution >= 4 is 23.5 Å². The van der Waals surface area contributed by atoms with Gasteiger partial charge in [0.05, 0.1) is 36.2 Å². The summed E-state index contributed by atoms with van der Waals surface area (Å²) < 4.78 is 25.7. The number of hydrogen-bond acceptors (Lipinski definition) is 10. The summed E-state index contributed by atoms with van der Waals surface area (Å²) in [5.41, 5.74) is 2.77. The minimum atomic E-state index is -1.54. The first-order valence-electron chi connectivity index (χ1n) is 15.3. The number of unbranched alkanes of at least 4 members (excludes halogenated alkanes) is 1. The average molecular weight is 636 g/mol. The van der Waals surface area contributed by atoms with Crippen LogP contribution in [0.25, 0.3) is 0 Å². The largest absolute Gasteiger partial charge is 0.478 e. The van der Waals surface area contributed by atoms with E-state index in [1.807, 2.05) is 20.8 Å². The fraction of sp³-hybridized carbons (Fsp3) is 0.581. The van der Waals surface area contributed by atoms with Crippen molar-refractivity contribution in [2.24, 2.45) is 11.8 Å². The number of amides is 1. The summed E-state index contributed by atoms with van der Waals surface area (Å²) in [5.74, 6) is -4.55. The van der Waals surface area contributed by atoms with Gasteiger partial charge >= 0.3 is 11.9 Å². The summed E-state index contributed by atoms with van der Waals surface area (Å²) in [7, 11) is 1.58. The topological polar surface area (TPSA) is 164 Å². The number of carbonyl (C=O) groups is 3. The van der Waals surface area contributed by atoms with E-state index in [2.05, 4.69) is 10.7 Å². The number of hydrazine groups is 2. The Kier molecular flexibility index (Phi) is 13.6. The maximum atomic E-state index is 15.1. The van der Waals surface area contributed by atoms with Crippen molar-refractivity contribution in [1.82, 2.24) is 20.9 Å². The van der Waals surface area contributed by atoms with Crippen molar-refractivity contribution in [2.75, 3.05) is 51.5 Å². The second-order valence-corrected chi connectivity index (χ2v) is 11.5. The molecule has 0 bridgehead atoms. The van der Waals surface area contributed by atoms with Crippen LogP contribution in [-0.4, -0.2) is 102 Å². The van der Waals surface area contributed by atoms with E-state index in [1.165, 1.54) is 23.1 Å². The number of piperidine rings is 1. The van der Waals surface area contributed by atoms with Crippen LogP contribution < -0.4 is 15.6 Å². The summed E-state index contributed by atoms with van der Waals surface area (Å²) in [6, 6.07) is 5.41. The second-order valence-electron chi connectivity index (χ2n) is 11.5. The zero-order valence-corrected chi connectivity index (χ0v) is 26.4. The lowest BCUT2D eigenvalue weighted by Gasteiger charge is -2.43. The Labute approximate surface area is 263 Å². The van der Waals surface area contributed by atoms with Crippen LogP contribution in [0.5, 0.6) is 0 Å². The molecule has 3 atom stereocenters. The highest BCUT2D eigenvalue weighted by molar-refractivity contribution is 6.06. The standard InChI is InChI=1S/C31H46FN5O8/c1-5-45-19-27(38)21-14-22(17-33-16-21)36-25(12-8-9-13-44-4)29(34-37(36)26(31(42)43)15-28(39)40)30(41)35(18-20(2)3)24-11-7-6-10-23(24)32/h6-7,10-11,15,20-22,27,33-34,38H,5,8-9,12-14,16-19H2,1-4H3,(H,39,40)(H,42,43)/b26-15+/t21-,22+,27?/m1/s1. The molecule has 14 heteroatoms. The van der Waals surface area contributed by atoms with Gasteiger partial charge in [0.1, 0.15) is 11.5 Å². The minimum Gasteiger partial charge on any atom is -0.478 e. The van der Waals surface area contributed by atoms with Crippen LogP contribution in [0.15, 0.2) is 47.4 Å². The fourth-order valence-electron chi connectivity index (χ4n) is 5.57. The van der Waals surface area contributed by atoms with Gasteiger partial charge in [-0.2, -0.15) is 5.12 Å². The minimum absolute atomic E-state index is 0.00541. The number of carboxylic acid groups (broad SMARTS) is 2. The van der Waals surface area contributed by atoms with Crippen LogP contribution in [0.2, 0.25) is 0 Å². The number of rotatable bonds is 17. The van der Waals surface area contributed by atoms with E-state index in [0.717, 1.165) is 5.12 Å². The normalized spacial score (nSPS) is 19.6. The van der Waals surface area contributed by atoms with Crippen LogP contribution in [0.1, 0.15) is 46.5 Å². The van der Waals surface area contributed by atoms with Crippen LogP contribution in [-0.2, 0) is 23.9 Å². The first kappa shape index (κ1) is 35.8. The molecule has 1 fully saturated rings. The molecule has 1 aromatic rings. The molecule has 0 saturated carbocycles. The van der Waals surface area contributed by atoms with Gasteiger partial charge in [-0.15, -0.1) is 0 Å². The van der Waals surface area contributed by atoms with E-state index < -0.39 is 41.5 Å². The van der Waals surface area contributed by atoms with Gasteiger partial charge in [-0.3, -0.25) is 15.2 Å². The molecule has 1 aromatic carbocycles. The molecular weight excluding hydrogens is 589 g/mol. The van der Waals surface area contributed by atoms with E-state index in [-0.39, 0.29) is 36.4 Å². The molecule has 1 unspecified atom stereocenters. The molecule has 13 nitrogen and oxygen atoms in total. The van der Waals surface area contributed by atoms with Crippen molar-refractivity contribution in [3.05, 3.63) is 53.2 Å². The molecular formula is C31H46FN5O8. The molecule has 0 radical (unpaired) electrons. The quantitative estimate of drug-likeness (QED) is 0.126. The Hall–Kier alpha value is -3.72. The Morgan fingerprint density at radius 3 is 2.53 bits per heavy atom. The van der Waals surface area contributed by atoms with Crippen molar-refractivity contribution in [3.8, 4) is 0 Å². The number of halogens is 1. The zero-order chi connectivity index (χ0) is 33.1. The van der Waals surface area contributed by atoms with Crippen molar-refractivity contribution in [2.45, 2.75) is 58.6 Å². The maximum absolute atomic E-state index is 15.1. The zero-order valence-electron chi connectivity index (χ0n) is 26.4. The van der Waals surface area contributed by atoms with Gasteiger partial charge in [-0.25, -0.2) is 14.0 Å². The highest BCUT2D eigenvalue weighted by Crippen LogP contribution is 2.35. The number of nitrogens with one attached hydrogen (secondary N) is 2. The average Bonchev–Trinajstić information content (AvgIpc) is 3.38. The van der Waals surface area contributed by atoms with Crippen molar-refractivity contribution < 1.29 is 43.6 Å². The molecule has 250 valence electrons. The molecule has 0 aliphatic carbocycles. The van der Waals surface area contributed by atoms with E-state index in [9.17, 15) is 29.7 Å². The summed E-state index contributed by atoms with van der Waals surface area (Å²) in [5, 5.41) is 36.5. The number of benzene rings is 1. The van der Waals surface area contributed by atoms with E-state index in [0.29, 0.717) is 63.8 Å². The van der Waals surface area contributed by atoms with Crippen molar-refractivity contribution in [1.29, 1.82) is 0 Å². The number of nitrogens with zero attached hydrogens (tertiary/aromatic N) is 3. The van der Waals surface area contributed by atoms with Gasteiger partial charge in [0.15, 0.2) is 5.70 Å². The van der Waals surface area contributed by atoms with Crippen LogP contribution in [0.4, 0.5) is 10.1 Å². The molecule has 1 amide bonds. The lowest BCUT2D eigenvalue weighted by Crippen LogP contribution is -2.57. The second kappa shape index (κ2) is 17.1. The highest BCUT2D eigenvalue weighted by atomic mass is 19.1. The lowest BCUT2D eigenvalue weighted by molar-refractivity contribution is -0.141. The summed E-state index contributed by atoms with van der Waals surface area (Å²) in [4.78, 5) is 40.0. The van der Waals surface area contributed by atoms with Crippen molar-refractivity contribution in [3.63, 3.8) is 0 Å². The Bertz CT molecular complexity index is 1240. The molecule has 2 aliphatic heterocycles. The third kappa shape index (κ3) is 9.39. The van der Waals surface area contributed by atoms with Gasteiger partial charge in [-0.05, 0) is 50.7 Å². The number of aliphatic hydroxyl groups is 1. The third-order valence-corrected chi connectivity index (χ3v) is 7.61. The molecule has 3 rings (SSSR count). The molecule has 0 spiro atoms. The monoisotopic (exact) mass is 635 g/mol. The molecule has 5 N–H and O–H groups in total. The number of aliphatic hydroxyl groups excluding tert-OH is 1. The molecule has 2 heterocycles. The predicted octanol–water partition coefficient (Wildman–Crippen LogP) is 2.31. The summed E-state index contributed by atoms with van der Waals surface area (Å²) >= 11 is 0. The third-order valence-electron chi connectivity index (χ3n) is 7.61. The van der Waals surface area contributed by atoms with E-state index in [4.69, 9.17) is 9.47 Å². The number of ether oxygens (including phenoxy) is 2. The number of aliphatic carboxylic acids is 2. The van der Waals surface area contributed by atoms with E-state index >= 15 is 4.39 Å². The van der Waals surface area contributed by atoms with Crippen LogP contribution in [0, 0.1) is 17.7 Å². The van der Waals surface area contributed by atoms with Crippen LogP contribution >= 0.6 is 0 Å². The number of allylic oxidation sites excluding steroid dienone is 1. The fourth-order valence-corrected chi connectivity index (χ4v) is 5.57. The first-order chi connectivity index (χ1) is 21.5. The summed E-state index contributed by atoms with van der Waals surface area (Å²) in [6.45, 7) is 7.61. The molecule has 45 heavy (non-hydrogen) atoms. The predicted molar refractivity (Wildman–Crippen MR) is 164 cm³/mol. The number of carboxylic acids is 2. The number of hydrogen-bond donors (Lipinski definition) is 5. The lowest BCUT2D eigenvalue weighted by atomic mass is 9.90. The number of para-hydroxylation sites is 1. The van der Waals surface area contributed by atoms with Gasteiger partial charge in [-0.1, -0.05) is 26.0 Å². The smallest absolute Gasteiger partial charge is 0.356 e.